The van der Waals surface area contributed by atoms with Crippen LogP contribution in [0.4, 0.5) is 0 Å². The molecule has 6 aromatic carbocycles. The molecule has 6 nitrogen and oxygen atoms in total. The van der Waals surface area contributed by atoms with E-state index < -0.39 is 0 Å². The molecule has 0 amide bonds. The third-order valence-electron chi connectivity index (χ3n) is 9.66. The summed E-state index contributed by atoms with van der Waals surface area (Å²) in [6.45, 7) is 0. The average molecular weight is 669 g/mol. The summed E-state index contributed by atoms with van der Waals surface area (Å²) >= 11 is 0. The van der Waals surface area contributed by atoms with Gasteiger partial charge in [0.2, 0.25) is 11.8 Å². The number of pyridine rings is 2. The van der Waals surface area contributed by atoms with Crippen LogP contribution in [0.1, 0.15) is 0 Å². The molecule has 0 radical (unpaired) electrons. The van der Waals surface area contributed by atoms with Gasteiger partial charge in [0.05, 0.1) is 23.8 Å². The van der Waals surface area contributed by atoms with Gasteiger partial charge in [-0.25, -0.2) is 19.9 Å². The molecule has 0 spiro atoms. The molecule has 10 rings (SSSR count). The van der Waals surface area contributed by atoms with Gasteiger partial charge in [0.1, 0.15) is 23.9 Å². The fourth-order valence-electron chi connectivity index (χ4n) is 7.32. The Labute approximate surface area is 298 Å². The Morgan fingerprint density at radius 1 is 0.365 bits per heavy atom. The lowest BCUT2D eigenvalue weighted by molar-refractivity contribution is 0.572. The second-order valence-corrected chi connectivity index (χ2v) is 12.7. The summed E-state index contributed by atoms with van der Waals surface area (Å²) in [5.74, 6) is 0.959. The van der Waals surface area contributed by atoms with Gasteiger partial charge in [-0.2, -0.15) is 0 Å². The Kier molecular flexibility index (Phi) is 7.03. The van der Waals surface area contributed by atoms with Gasteiger partial charge in [-0.3, -0.25) is 0 Å². The zero-order valence-corrected chi connectivity index (χ0v) is 27.8. The number of hydrogen-bond acceptors (Lipinski definition) is 6. The van der Waals surface area contributed by atoms with Crippen molar-refractivity contribution in [3.05, 3.63) is 171 Å². The fourth-order valence-corrected chi connectivity index (χ4v) is 7.32. The lowest BCUT2D eigenvalue weighted by Gasteiger charge is -2.18. The molecule has 0 aliphatic heterocycles. The first-order valence-electron chi connectivity index (χ1n) is 17.1. The van der Waals surface area contributed by atoms with Crippen LogP contribution in [0.25, 0.3) is 100 Å². The molecule has 4 heterocycles. The molecule has 0 aliphatic carbocycles. The van der Waals surface area contributed by atoms with E-state index in [1.54, 1.807) is 24.9 Å². The van der Waals surface area contributed by atoms with Crippen molar-refractivity contribution in [1.29, 1.82) is 0 Å². The van der Waals surface area contributed by atoms with Crippen LogP contribution in [0, 0.1) is 0 Å². The number of fused-ring (bicyclic) bond motifs is 3. The van der Waals surface area contributed by atoms with Gasteiger partial charge >= 0.3 is 0 Å². The molecule has 0 N–H and O–H groups in total. The average Bonchev–Trinajstić information content (AvgIpc) is 3.96. The van der Waals surface area contributed by atoms with Crippen LogP contribution in [0.2, 0.25) is 0 Å². The van der Waals surface area contributed by atoms with Crippen LogP contribution in [0.3, 0.4) is 0 Å². The highest BCUT2D eigenvalue weighted by atomic mass is 16.3. The Bertz CT molecular complexity index is 2890. The van der Waals surface area contributed by atoms with Gasteiger partial charge in [-0.05, 0) is 84.9 Å². The molecule has 52 heavy (non-hydrogen) atoms. The molecule has 0 aliphatic rings. The van der Waals surface area contributed by atoms with Crippen LogP contribution in [-0.2, 0) is 0 Å². The highest BCUT2D eigenvalue weighted by Crippen LogP contribution is 2.44. The van der Waals surface area contributed by atoms with E-state index in [4.69, 9.17) is 18.8 Å². The lowest BCUT2D eigenvalue weighted by atomic mass is 9.87. The zero-order valence-electron chi connectivity index (χ0n) is 27.8. The van der Waals surface area contributed by atoms with Gasteiger partial charge in [-0.1, -0.05) is 115 Å². The highest BCUT2D eigenvalue weighted by molar-refractivity contribution is 6.21. The van der Waals surface area contributed by atoms with E-state index in [9.17, 15) is 0 Å². The van der Waals surface area contributed by atoms with E-state index in [-0.39, 0.29) is 0 Å². The molecule has 0 bridgehead atoms. The predicted octanol–water partition coefficient (Wildman–Crippen LogP) is 11.9. The Hall–Kier alpha value is -7.18. The van der Waals surface area contributed by atoms with Crippen LogP contribution < -0.4 is 0 Å². The molecular formula is C46H28N4O2. The maximum atomic E-state index is 5.65. The summed E-state index contributed by atoms with van der Waals surface area (Å²) in [5, 5.41) is 6.73. The predicted molar refractivity (Wildman–Crippen MR) is 207 cm³/mol. The Balaban J connectivity index is 1.20. The highest BCUT2D eigenvalue weighted by Gasteiger charge is 2.20. The summed E-state index contributed by atoms with van der Waals surface area (Å²) in [6, 6.07) is 51.0. The smallest absolute Gasteiger partial charge is 0.245 e. The second kappa shape index (κ2) is 12.3. The van der Waals surface area contributed by atoms with Crippen LogP contribution in [-0.4, -0.2) is 19.9 Å². The van der Waals surface area contributed by atoms with Crippen LogP contribution in [0.15, 0.2) is 179 Å². The van der Waals surface area contributed by atoms with E-state index in [0.29, 0.717) is 23.2 Å². The van der Waals surface area contributed by atoms with Crippen molar-refractivity contribution in [1.82, 2.24) is 19.9 Å². The summed E-state index contributed by atoms with van der Waals surface area (Å²) in [5.41, 5.74) is 9.69. The summed E-state index contributed by atoms with van der Waals surface area (Å²) in [4.78, 5) is 18.9. The largest absolute Gasteiger partial charge is 0.443 e. The zero-order chi connectivity index (χ0) is 34.4. The first-order chi connectivity index (χ1) is 25.8. The SMILES string of the molecule is c1cc(-c2ncco2)nc(-c2c3ccccc3c(-c3cccc(-c4ncco4)n3)c3cc(-c4ccc(-c5cccc6ccccc56)cc4)ccc23)c1. The molecule has 0 saturated carbocycles. The van der Waals surface area contributed by atoms with E-state index >= 15 is 0 Å². The molecule has 0 saturated heterocycles. The number of nitrogens with zero attached hydrogens (tertiary/aromatic N) is 4. The number of hydrogen-bond donors (Lipinski definition) is 0. The topological polar surface area (TPSA) is 77.8 Å². The number of rotatable bonds is 6. The van der Waals surface area contributed by atoms with E-state index in [1.165, 1.54) is 21.9 Å². The van der Waals surface area contributed by atoms with Gasteiger partial charge in [0.15, 0.2) is 0 Å². The van der Waals surface area contributed by atoms with Crippen molar-refractivity contribution in [2.45, 2.75) is 0 Å². The molecule has 10 aromatic rings. The van der Waals surface area contributed by atoms with Gasteiger partial charge < -0.3 is 8.83 Å². The van der Waals surface area contributed by atoms with E-state index in [1.807, 2.05) is 24.3 Å². The minimum atomic E-state index is 0.478. The lowest BCUT2D eigenvalue weighted by Crippen LogP contribution is -1.96. The number of benzene rings is 6. The summed E-state index contributed by atoms with van der Waals surface area (Å²) < 4.78 is 11.3. The number of aromatic nitrogens is 4. The van der Waals surface area contributed by atoms with Gasteiger partial charge in [0, 0.05) is 11.1 Å². The fraction of sp³-hybridized carbons (Fsp3) is 0. The van der Waals surface area contributed by atoms with Crippen molar-refractivity contribution in [2.75, 3.05) is 0 Å². The molecule has 6 heteroatoms. The molecule has 0 unspecified atom stereocenters. The van der Waals surface area contributed by atoms with Gasteiger partial charge in [-0.15, -0.1) is 0 Å². The van der Waals surface area contributed by atoms with Crippen molar-refractivity contribution in [3.8, 4) is 67.9 Å². The third kappa shape index (κ3) is 5.05. The molecule has 0 atom stereocenters. The quantitative estimate of drug-likeness (QED) is 0.164. The molecule has 244 valence electrons. The Morgan fingerprint density at radius 2 is 0.865 bits per heavy atom. The molecule has 0 fully saturated rings. The second-order valence-electron chi connectivity index (χ2n) is 12.7. The van der Waals surface area contributed by atoms with E-state index in [2.05, 4.69) is 131 Å². The minimum absolute atomic E-state index is 0.478. The summed E-state index contributed by atoms with van der Waals surface area (Å²) in [7, 11) is 0. The van der Waals surface area contributed by atoms with Crippen molar-refractivity contribution >= 4 is 32.3 Å². The number of oxazole rings is 2. The maximum Gasteiger partial charge on any atom is 0.245 e. The molecular weight excluding hydrogens is 641 g/mol. The first-order valence-corrected chi connectivity index (χ1v) is 17.1. The monoisotopic (exact) mass is 668 g/mol. The standard InChI is InChI=1S/C46H28N4O2/c1-2-10-33-30(8-1)9-5-13-34(33)31-20-18-29(19-21-31)32-22-23-37-38(28-32)44(40-15-7-17-42(50-40)46-48-25-27-52-46)36-12-4-3-11-35(36)43(37)39-14-6-16-41(49-39)45-47-24-26-51-45/h1-28H. The van der Waals surface area contributed by atoms with Gasteiger partial charge in [0.25, 0.3) is 0 Å². The van der Waals surface area contributed by atoms with E-state index in [0.717, 1.165) is 55.2 Å². The third-order valence-corrected chi connectivity index (χ3v) is 9.66. The minimum Gasteiger partial charge on any atom is -0.443 e. The van der Waals surface area contributed by atoms with Crippen molar-refractivity contribution < 1.29 is 8.83 Å². The van der Waals surface area contributed by atoms with Crippen LogP contribution >= 0.6 is 0 Å². The normalized spacial score (nSPS) is 11.5. The summed E-state index contributed by atoms with van der Waals surface area (Å²) in [6.07, 6.45) is 6.42. The van der Waals surface area contributed by atoms with Crippen molar-refractivity contribution in [2.24, 2.45) is 0 Å². The van der Waals surface area contributed by atoms with Crippen molar-refractivity contribution in [3.63, 3.8) is 0 Å². The Morgan fingerprint density at radius 3 is 1.50 bits per heavy atom. The van der Waals surface area contributed by atoms with Crippen LogP contribution in [0.5, 0.6) is 0 Å². The maximum absolute atomic E-state index is 5.65. The first kappa shape index (κ1) is 29.7. The molecule has 4 aromatic heterocycles.